The van der Waals surface area contributed by atoms with Gasteiger partial charge in [-0.1, -0.05) is 26.7 Å². The Kier molecular flexibility index (Phi) is 5.26. The van der Waals surface area contributed by atoms with Gasteiger partial charge in [-0.15, -0.1) is 0 Å². The molecule has 1 saturated heterocycles. The third-order valence-electron chi connectivity index (χ3n) is 4.24. The normalized spacial score (nSPS) is 36.0. The number of ether oxygens (including phenoxy) is 1. The molecule has 3 unspecified atom stereocenters. The molecule has 1 N–H and O–H groups in total. The van der Waals surface area contributed by atoms with Crippen LogP contribution in [0.1, 0.15) is 39.5 Å². The van der Waals surface area contributed by atoms with Crippen LogP contribution in [0.15, 0.2) is 0 Å². The van der Waals surface area contributed by atoms with Crippen LogP contribution >= 0.6 is 0 Å². The minimum atomic E-state index is 0.404. The molecule has 0 aromatic carbocycles. The van der Waals surface area contributed by atoms with E-state index in [2.05, 4.69) is 24.1 Å². The molecule has 1 heterocycles. The summed E-state index contributed by atoms with van der Waals surface area (Å²) in [6, 6.07) is 0.736. The molecular formula is C14H28N2O. The van der Waals surface area contributed by atoms with Crippen LogP contribution in [0.25, 0.3) is 0 Å². The molecule has 3 nitrogen and oxygen atoms in total. The van der Waals surface area contributed by atoms with E-state index in [1.54, 1.807) is 0 Å². The van der Waals surface area contributed by atoms with E-state index in [1.807, 2.05) is 0 Å². The fourth-order valence-electron chi connectivity index (χ4n) is 3.11. The monoisotopic (exact) mass is 240 g/mol. The Hall–Kier alpha value is -0.120. The molecule has 2 aliphatic rings. The summed E-state index contributed by atoms with van der Waals surface area (Å²) >= 11 is 0. The van der Waals surface area contributed by atoms with Crippen LogP contribution in [-0.2, 0) is 4.74 Å². The molecule has 0 spiro atoms. The van der Waals surface area contributed by atoms with E-state index in [1.165, 1.54) is 25.7 Å². The fourth-order valence-corrected chi connectivity index (χ4v) is 3.11. The number of nitrogens with zero attached hydrogens (tertiary/aromatic N) is 1. The van der Waals surface area contributed by atoms with Gasteiger partial charge in [0.05, 0.1) is 12.7 Å². The Labute approximate surface area is 106 Å². The van der Waals surface area contributed by atoms with Crippen LogP contribution < -0.4 is 5.32 Å². The summed E-state index contributed by atoms with van der Waals surface area (Å²) in [5.74, 6) is 0.903. The van der Waals surface area contributed by atoms with Gasteiger partial charge in [0.2, 0.25) is 0 Å². The van der Waals surface area contributed by atoms with Gasteiger partial charge in [-0.05, 0) is 25.3 Å². The summed E-state index contributed by atoms with van der Waals surface area (Å²) in [5, 5.41) is 3.71. The van der Waals surface area contributed by atoms with Crippen molar-refractivity contribution in [3.63, 3.8) is 0 Å². The van der Waals surface area contributed by atoms with Crippen LogP contribution in [0.2, 0.25) is 0 Å². The second-order valence-corrected chi connectivity index (χ2v) is 5.76. The van der Waals surface area contributed by atoms with E-state index in [0.29, 0.717) is 6.10 Å². The van der Waals surface area contributed by atoms with Gasteiger partial charge in [0.15, 0.2) is 0 Å². The van der Waals surface area contributed by atoms with Crippen LogP contribution in [0.5, 0.6) is 0 Å². The molecule has 0 radical (unpaired) electrons. The summed E-state index contributed by atoms with van der Waals surface area (Å²) < 4.78 is 5.82. The molecule has 3 heteroatoms. The lowest BCUT2D eigenvalue weighted by molar-refractivity contribution is -0.0270. The minimum absolute atomic E-state index is 0.404. The average Bonchev–Trinajstić information content (AvgIpc) is 2.37. The maximum atomic E-state index is 5.82. The Morgan fingerprint density at radius 1 is 1.35 bits per heavy atom. The molecule has 2 fully saturated rings. The zero-order chi connectivity index (χ0) is 12.1. The summed E-state index contributed by atoms with van der Waals surface area (Å²) in [5.41, 5.74) is 0. The van der Waals surface area contributed by atoms with Crippen molar-refractivity contribution in [3.8, 4) is 0 Å². The molecule has 100 valence electrons. The van der Waals surface area contributed by atoms with Crippen molar-refractivity contribution in [2.75, 3.05) is 32.8 Å². The largest absolute Gasteiger partial charge is 0.374 e. The molecule has 17 heavy (non-hydrogen) atoms. The molecule has 0 aromatic rings. The first-order chi connectivity index (χ1) is 8.28. The standard InChI is InChI=1S/C14H28N2O/c1-3-16-7-8-17-14(11-16)10-15-13-6-4-5-12(2)9-13/h12-15H,3-11H2,1-2H3. The summed E-state index contributed by atoms with van der Waals surface area (Å²) in [4.78, 5) is 2.49. The zero-order valence-electron chi connectivity index (χ0n) is 11.5. The molecule has 1 aliphatic heterocycles. The maximum Gasteiger partial charge on any atom is 0.0826 e. The van der Waals surface area contributed by atoms with Gasteiger partial charge in [0.1, 0.15) is 0 Å². The maximum absolute atomic E-state index is 5.82. The third-order valence-corrected chi connectivity index (χ3v) is 4.24. The summed E-state index contributed by atoms with van der Waals surface area (Å²) in [6.07, 6.45) is 5.92. The molecule has 1 aliphatic carbocycles. The Morgan fingerprint density at radius 2 is 2.24 bits per heavy atom. The number of likely N-dealkylation sites (N-methyl/N-ethyl adjacent to an activating group) is 1. The Bertz CT molecular complexity index is 222. The summed E-state index contributed by atoms with van der Waals surface area (Å²) in [7, 11) is 0. The van der Waals surface area contributed by atoms with Crippen LogP contribution in [0.4, 0.5) is 0 Å². The first-order valence-electron chi connectivity index (χ1n) is 7.35. The number of nitrogens with one attached hydrogen (secondary N) is 1. The number of morpholine rings is 1. The van der Waals surface area contributed by atoms with Gasteiger partial charge >= 0.3 is 0 Å². The molecule has 3 atom stereocenters. The van der Waals surface area contributed by atoms with Crippen molar-refractivity contribution >= 4 is 0 Å². The van der Waals surface area contributed by atoms with Crippen LogP contribution in [0.3, 0.4) is 0 Å². The second kappa shape index (κ2) is 6.72. The predicted octanol–water partition coefficient (Wildman–Crippen LogP) is 1.88. The van der Waals surface area contributed by atoms with Crippen molar-refractivity contribution in [1.82, 2.24) is 10.2 Å². The van der Waals surface area contributed by atoms with Gasteiger partial charge in [-0.25, -0.2) is 0 Å². The predicted molar refractivity (Wildman–Crippen MR) is 71.3 cm³/mol. The van der Waals surface area contributed by atoms with Gasteiger partial charge in [-0.3, -0.25) is 4.90 Å². The number of hydrogen-bond donors (Lipinski definition) is 1. The van der Waals surface area contributed by atoms with Gasteiger partial charge in [0.25, 0.3) is 0 Å². The van der Waals surface area contributed by atoms with E-state index < -0.39 is 0 Å². The van der Waals surface area contributed by atoms with E-state index >= 15 is 0 Å². The fraction of sp³-hybridized carbons (Fsp3) is 1.00. The SMILES string of the molecule is CCN1CCOC(CNC2CCCC(C)C2)C1. The second-order valence-electron chi connectivity index (χ2n) is 5.76. The first kappa shape index (κ1) is 13.3. The summed E-state index contributed by atoms with van der Waals surface area (Å²) in [6.45, 7) is 9.91. The smallest absolute Gasteiger partial charge is 0.0826 e. The molecular weight excluding hydrogens is 212 g/mol. The Balaban J connectivity index is 1.66. The molecule has 2 rings (SSSR count). The highest BCUT2D eigenvalue weighted by atomic mass is 16.5. The highest BCUT2D eigenvalue weighted by Crippen LogP contribution is 2.23. The van der Waals surface area contributed by atoms with Gasteiger partial charge in [-0.2, -0.15) is 0 Å². The van der Waals surface area contributed by atoms with Crippen molar-refractivity contribution < 1.29 is 4.74 Å². The zero-order valence-corrected chi connectivity index (χ0v) is 11.5. The van der Waals surface area contributed by atoms with Gasteiger partial charge in [0, 0.05) is 25.7 Å². The molecule has 0 aromatic heterocycles. The van der Waals surface area contributed by atoms with Crippen LogP contribution in [0, 0.1) is 5.92 Å². The first-order valence-corrected chi connectivity index (χ1v) is 7.35. The molecule has 0 amide bonds. The van der Waals surface area contributed by atoms with Gasteiger partial charge < -0.3 is 10.1 Å². The van der Waals surface area contributed by atoms with E-state index in [0.717, 1.165) is 44.7 Å². The lowest BCUT2D eigenvalue weighted by Crippen LogP contribution is -2.48. The number of hydrogen-bond acceptors (Lipinski definition) is 3. The van der Waals surface area contributed by atoms with E-state index in [9.17, 15) is 0 Å². The molecule has 0 bridgehead atoms. The highest BCUT2D eigenvalue weighted by molar-refractivity contribution is 4.79. The van der Waals surface area contributed by atoms with Crippen molar-refractivity contribution in [1.29, 1.82) is 0 Å². The lowest BCUT2D eigenvalue weighted by atomic mass is 9.87. The van der Waals surface area contributed by atoms with Crippen molar-refractivity contribution in [2.24, 2.45) is 5.92 Å². The van der Waals surface area contributed by atoms with Crippen molar-refractivity contribution in [2.45, 2.75) is 51.7 Å². The van der Waals surface area contributed by atoms with Crippen molar-refractivity contribution in [3.05, 3.63) is 0 Å². The number of rotatable bonds is 4. The molecule has 1 saturated carbocycles. The quantitative estimate of drug-likeness (QED) is 0.812. The third kappa shape index (κ3) is 4.23. The van der Waals surface area contributed by atoms with Crippen LogP contribution in [-0.4, -0.2) is 49.8 Å². The van der Waals surface area contributed by atoms with E-state index in [4.69, 9.17) is 4.74 Å². The average molecular weight is 240 g/mol. The van der Waals surface area contributed by atoms with E-state index in [-0.39, 0.29) is 0 Å². The Morgan fingerprint density at radius 3 is 3.00 bits per heavy atom. The minimum Gasteiger partial charge on any atom is -0.374 e. The lowest BCUT2D eigenvalue weighted by Gasteiger charge is -2.34. The highest BCUT2D eigenvalue weighted by Gasteiger charge is 2.22. The topological polar surface area (TPSA) is 24.5 Å².